The van der Waals surface area contributed by atoms with E-state index in [-0.39, 0.29) is 11.4 Å². The Kier molecular flexibility index (Phi) is 4.61. The van der Waals surface area contributed by atoms with Crippen molar-refractivity contribution >= 4 is 11.4 Å². The monoisotopic (exact) mass is 296 g/mol. The van der Waals surface area contributed by atoms with E-state index >= 15 is 0 Å². The second-order valence-electron chi connectivity index (χ2n) is 5.50. The van der Waals surface area contributed by atoms with Crippen LogP contribution in [0.5, 0.6) is 0 Å². The Morgan fingerprint density at radius 2 is 1.00 bits per heavy atom. The van der Waals surface area contributed by atoms with Crippen LogP contribution in [0.3, 0.4) is 0 Å². The van der Waals surface area contributed by atoms with Crippen molar-refractivity contribution in [3.05, 3.63) is 69.8 Å². The molecular formula is C18H20N2O2. The Hall–Kier alpha value is -2.62. The van der Waals surface area contributed by atoms with Crippen LogP contribution in [0.15, 0.2) is 46.7 Å². The highest BCUT2D eigenvalue weighted by molar-refractivity contribution is 6.53. The summed E-state index contributed by atoms with van der Waals surface area (Å²) < 4.78 is 0. The number of aryl methyl sites for hydroxylation is 4. The molecule has 0 atom stereocenters. The third-order valence-corrected chi connectivity index (χ3v) is 3.98. The maximum absolute atomic E-state index is 9.42. The van der Waals surface area contributed by atoms with Crippen molar-refractivity contribution < 1.29 is 10.4 Å². The lowest BCUT2D eigenvalue weighted by Crippen LogP contribution is -2.18. The maximum Gasteiger partial charge on any atom is 0.139 e. The molecule has 2 aromatic rings. The van der Waals surface area contributed by atoms with E-state index in [9.17, 15) is 10.4 Å². The number of rotatable bonds is 3. The van der Waals surface area contributed by atoms with Gasteiger partial charge in [0.05, 0.1) is 0 Å². The Labute approximate surface area is 130 Å². The van der Waals surface area contributed by atoms with Crippen molar-refractivity contribution in [1.82, 2.24) is 0 Å². The maximum atomic E-state index is 9.42. The van der Waals surface area contributed by atoms with Gasteiger partial charge in [0.2, 0.25) is 0 Å². The predicted octanol–water partition coefficient (Wildman–Crippen LogP) is 3.98. The zero-order valence-corrected chi connectivity index (χ0v) is 13.3. The summed E-state index contributed by atoms with van der Waals surface area (Å²) in [5.74, 6) is 0. The average molecular weight is 296 g/mol. The molecule has 0 aliphatic rings. The molecule has 4 heteroatoms. The zero-order chi connectivity index (χ0) is 16.3. The largest absolute Gasteiger partial charge is 0.410 e. The van der Waals surface area contributed by atoms with Gasteiger partial charge in [0.1, 0.15) is 11.4 Å². The van der Waals surface area contributed by atoms with Crippen molar-refractivity contribution in [1.29, 1.82) is 0 Å². The van der Waals surface area contributed by atoms with Crippen molar-refractivity contribution in [3.63, 3.8) is 0 Å². The third kappa shape index (κ3) is 3.01. The fourth-order valence-electron chi connectivity index (χ4n) is 2.26. The van der Waals surface area contributed by atoms with Gasteiger partial charge >= 0.3 is 0 Å². The molecular weight excluding hydrogens is 276 g/mol. The Balaban J connectivity index is 2.52. The van der Waals surface area contributed by atoms with E-state index in [4.69, 9.17) is 0 Å². The zero-order valence-electron chi connectivity index (χ0n) is 13.3. The predicted molar refractivity (Wildman–Crippen MR) is 88.5 cm³/mol. The first-order chi connectivity index (χ1) is 10.5. The van der Waals surface area contributed by atoms with Crippen molar-refractivity contribution in [2.24, 2.45) is 10.3 Å². The van der Waals surface area contributed by atoms with Crippen molar-refractivity contribution in [2.45, 2.75) is 27.7 Å². The number of hydrogen-bond donors (Lipinski definition) is 2. The molecule has 0 aliphatic carbocycles. The van der Waals surface area contributed by atoms with Crippen LogP contribution >= 0.6 is 0 Å². The van der Waals surface area contributed by atoms with E-state index in [1.807, 2.05) is 64.1 Å². The highest BCUT2D eigenvalue weighted by Gasteiger charge is 2.17. The molecule has 0 radical (unpaired) electrons. The molecule has 0 saturated heterocycles. The molecule has 0 aromatic heterocycles. The van der Waals surface area contributed by atoms with Gasteiger partial charge in [0.25, 0.3) is 0 Å². The summed E-state index contributed by atoms with van der Waals surface area (Å²) in [7, 11) is 0. The van der Waals surface area contributed by atoms with Gasteiger partial charge in [0.15, 0.2) is 0 Å². The summed E-state index contributed by atoms with van der Waals surface area (Å²) in [6, 6.07) is 11.4. The Morgan fingerprint density at radius 1 is 0.636 bits per heavy atom. The van der Waals surface area contributed by atoms with Gasteiger partial charge in [-0.25, -0.2) is 0 Å². The summed E-state index contributed by atoms with van der Waals surface area (Å²) in [5, 5.41) is 25.6. The molecule has 0 saturated carbocycles. The number of oxime groups is 2. The van der Waals surface area contributed by atoms with Crippen LogP contribution < -0.4 is 0 Å². The SMILES string of the molecule is Cc1ccc(C(=N\O)/C(=N/O)c2ccc(C)c(C)c2)cc1C. The van der Waals surface area contributed by atoms with Crippen molar-refractivity contribution in [3.8, 4) is 0 Å². The van der Waals surface area contributed by atoms with Gasteiger partial charge in [-0.2, -0.15) is 0 Å². The molecule has 2 rings (SSSR count). The van der Waals surface area contributed by atoms with E-state index < -0.39 is 0 Å². The minimum atomic E-state index is 0.244. The van der Waals surface area contributed by atoms with E-state index in [2.05, 4.69) is 10.3 Å². The molecule has 2 aromatic carbocycles. The molecule has 114 valence electrons. The van der Waals surface area contributed by atoms with Gasteiger partial charge in [-0.05, 0) is 62.1 Å². The van der Waals surface area contributed by atoms with E-state index in [1.165, 1.54) is 0 Å². The normalized spacial score (nSPS) is 12.5. The quantitative estimate of drug-likeness (QED) is 0.511. The summed E-state index contributed by atoms with van der Waals surface area (Å²) in [6.45, 7) is 8.00. The fourth-order valence-corrected chi connectivity index (χ4v) is 2.26. The molecule has 2 N–H and O–H groups in total. The van der Waals surface area contributed by atoms with Crippen LogP contribution in [-0.2, 0) is 0 Å². The molecule has 0 unspecified atom stereocenters. The highest BCUT2D eigenvalue weighted by atomic mass is 16.4. The fraction of sp³-hybridized carbons (Fsp3) is 0.222. The molecule has 4 nitrogen and oxygen atoms in total. The molecule has 0 spiro atoms. The van der Waals surface area contributed by atoms with E-state index in [1.54, 1.807) is 0 Å². The molecule has 22 heavy (non-hydrogen) atoms. The van der Waals surface area contributed by atoms with Crippen LogP contribution in [0.25, 0.3) is 0 Å². The highest BCUT2D eigenvalue weighted by Crippen LogP contribution is 2.16. The van der Waals surface area contributed by atoms with Crippen LogP contribution in [0, 0.1) is 27.7 Å². The van der Waals surface area contributed by atoms with Gasteiger partial charge < -0.3 is 10.4 Å². The molecule has 0 heterocycles. The Bertz CT molecular complexity index is 696. The molecule has 0 aliphatic heterocycles. The van der Waals surface area contributed by atoms with Crippen LogP contribution in [0.2, 0.25) is 0 Å². The Morgan fingerprint density at radius 3 is 1.27 bits per heavy atom. The summed E-state index contributed by atoms with van der Waals surface area (Å²) in [6.07, 6.45) is 0. The lowest BCUT2D eigenvalue weighted by atomic mass is 9.95. The summed E-state index contributed by atoms with van der Waals surface area (Å²) >= 11 is 0. The van der Waals surface area contributed by atoms with Crippen LogP contribution in [0.4, 0.5) is 0 Å². The molecule has 0 bridgehead atoms. The first-order valence-electron chi connectivity index (χ1n) is 7.07. The minimum absolute atomic E-state index is 0.244. The van der Waals surface area contributed by atoms with Crippen LogP contribution in [0.1, 0.15) is 33.4 Å². The number of nitrogens with zero attached hydrogens (tertiary/aromatic N) is 2. The molecule has 0 fully saturated rings. The van der Waals surface area contributed by atoms with Crippen molar-refractivity contribution in [2.75, 3.05) is 0 Å². The minimum Gasteiger partial charge on any atom is -0.410 e. The third-order valence-electron chi connectivity index (χ3n) is 3.98. The first-order valence-corrected chi connectivity index (χ1v) is 7.07. The van der Waals surface area contributed by atoms with E-state index in [0.29, 0.717) is 11.1 Å². The lowest BCUT2D eigenvalue weighted by Gasteiger charge is -2.11. The second kappa shape index (κ2) is 6.43. The first kappa shape index (κ1) is 15.8. The van der Waals surface area contributed by atoms with Gasteiger partial charge in [-0.15, -0.1) is 0 Å². The van der Waals surface area contributed by atoms with Gasteiger partial charge in [0, 0.05) is 11.1 Å². The lowest BCUT2D eigenvalue weighted by molar-refractivity contribution is 0.314. The van der Waals surface area contributed by atoms with Gasteiger partial charge in [-0.1, -0.05) is 34.6 Å². The van der Waals surface area contributed by atoms with E-state index in [0.717, 1.165) is 22.3 Å². The summed E-state index contributed by atoms with van der Waals surface area (Å²) in [4.78, 5) is 0. The number of hydrogen-bond acceptors (Lipinski definition) is 4. The standard InChI is InChI=1S/C18H20N2O2/c1-11-5-7-15(9-13(11)3)17(19-21)18(20-22)16-8-6-12(2)14(4)10-16/h5-10,21-22H,1-4H3/b19-17+,20-18+. The van der Waals surface area contributed by atoms with Gasteiger partial charge in [-0.3, -0.25) is 0 Å². The molecule has 0 amide bonds. The topological polar surface area (TPSA) is 65.2 Å². The number of benzene rings is 2. The second-order valence-corrected chi connectivity index (χ2v) is 5.50. The smallest absolute Gasteiger partial charge is 0.139 e. The average Bonchev–Trinajstić information content (AvgIpc) is 2.50. The van der Waals surface area contributed by atoms with Crippen LogP contribution in [-0.4, -0.2) is 21.8 Å². The summed E-state index contributed by atoms with van der Waals surface area (Å²) in [5.41, 5.74) is 6.35.